The molecule has 2 N–H and O–H groups in total. The zero-order valence-electron chi connectivity index (χ0n) is 14.5. The molecule has 0 radical (unpaired) electrons. The largest absolute Gasteiger partial charge is 0.377 e. The van der Waals surface area contributed by atoms with E-state index in [1.54, 1.807) is 11.0 Å². The van der Waals surface area contributed by atoms with Crippen LogP contribution in [0.5, 0.6) is 0 Å². The standard InChI is InChI=1S/C18H23N5O2/c1-18(2)15(14-6-7-25-16(14)18)22-17(24)20-9-12-4-3-5-13(8-12)23-11-19-10-21-23/h3-5,8,10-11,14-16H,6-7,9H2,1-2H3,(H2,20,22,24)/t14-,15+,16-/m0/s1. The van der Waals surface area contributed by atoms with Gasteiger partial charge in [-0.05, 0) is 24.1 Å². The van der Waals surface area contributed by atoms with Crippen molar-refractivity contribution in [3.63, 3.8) is 0 Å². The number of hydrogen-bond donors (Lipinski definition) is 2. The van der Waals surface area contributed by atoms with Crippen molar-refractivity contribution in [2.75, 3.05) is 6.61 Å². The first kappa shape index (κ1) is 16.1. The quantitative estimate of drug-likeness (QED) is 0.890. The van der Waals surface area contributed by atoms with Gasteiger partial charge in [0.25, 0.3) is 0 Å². The molecule has 3 atom stereocenters. The summed E-state index contributed by atoms with van der Waals surface area (Å²) in [5.41, 5.74) is 1.92. The zero-order chi connectivity index (χ0) is 17.4. The Kier molecular flexibility index (Phi) is 3.95. The number of carbonyl (C=O) groups is 1. The maximum atomic E-state index is 12.3. The molecule has 1 aromatic carbocycles. The number of rotatable bonds is 4. The van der Waals surface area contributed by atoms with Crippen LogP contribution in [0.1, 0.15) is 25.8 Å². The molecule has 7 nitrogen and oxygen atoms in total. The first-order valence-corrected chi connectivity index (χ1v) is 8.65. The minimum absolute atomic E-state index is 0.00842. The monoisotopic (exact) mass is 341 g/mol. The van der Waals surface area contributed by atoms with Gasteiger partial charge in [0.1, 0.15) is 12.7 Å². The van der Waals surface area contributed by atoms with Gasteiger partial charge in [0.05, 0.1) is 11.8 Å². The summed E-state index contributed by atoms with van der Waals surface area (Å²) in [6, 6.07) is 7.91. The Morgan fingerprint density at radius 3 is 3.12 bits per heavy atom. The van der Waals surface area contributed by atoms with Crippen LogP contribution in [0.15, 0.2) is 36.9 Å². The second kappa shape index (κ2) is 6.15. The number of amides is 2. The van der Waals surface area contributed by atoms with E-state index < -0.39 is 0 Å². The van der Waals surface area contributed by atoms with E-state index in [-0.39, 0.29) is 23.6 Å². The van der Waals surface area contributed by atoms with E-state index >= 15 is 0 Å². The van der Waals surface area contributed by atoms with Gasteiger partial charge in [-0.25, -0.2) is 14.5 Å². The Morgan fingerprint density at radius 2 is 2.32 bits per heavy atom. The van der Waals surface area contributed by atoms with E-state index in [2.05, 4.69) is 34.6 Å². The van der Waals surface area contributed by atoms with Crippen LogP contribution in [0.4, 0.5) is 4.79 Å². The predicted octanol–water partition coefficient (Wildman–Crippen LogP) is 1.88. The number of nitrogens with one attached hydrogen (secondary N) is 2. The Balaban J connectivity index is 1.34. The van der Waals surface area contributed by atoms with Crippen molar-refractivity contribution in [1.29, 1.82) is 0 Å². The smallest absolute Gasteiger partial charge is 0.315 e. The van der Waals surface area contributed by atoms with Gasteiger partial charge in [0.15, 0.2) is 0 Å². The molecule has 132 valence electrons. The highest BCUT2D eigenvalue weighted by molar-refractivity contribution is 5.74. The van der Waals surface area contributed by atoms with Gasteiger partial charge in [-0.15, -0.1) is 0 Å². The maximum absolute atomic E-state index is 12.3. The number of ether oxygens (including phenoxy) is 1. The average Bonchev–Trinajstić information content (AvgIpc) is 3.28. The van der Waals surface area contributed by atoms with Gasteiger partial charge in [0.2, 0.25) is 0 Å². The lowest BCUT2D eigenvalue weighted by Crippen LogP contribution is -2.67. The summed E-state index contributed by atoms with van der Waals surface area (Å²) in [5.74, 6) is 0.441. The lowest BCUT2D eigenvalue weighted by Gasteiger charge is -2.54. The van der Waals surface area contributed by atoms with E-state index in [1.165, 1.54) is 6.33 Å². The predicted molar refractivity (Wildman–Crippen MR) is 92.1 cm³/mol. The number of benzene rings is 1. The van der Waals surface area contributed by atoms with E-state index in [0.717, 1.165) is 24.3 Å². The first-order valence-electron chi connectivity index (χ1n) is 8.65. The van der Waals surface area contributed by atoms with Crippen molar-refractivity contribution in [3.05, 3.63) is 42.5 Å². The van der Waals surface area contributed by atoms with Crippen LogP contribution in [0.2, 0.25) is 0 Å². The average molecular weight is 341 g/mol. The van der Waals surface area contributed by atoms with Crippen LogP contribution in [-0.4, -0.2) is 39.5 Å². The molecule has 1 aliphatic heterocycles. The lowest BCUT2D eigenvalue weighted by molar-refractivity contribution is -0.108. The van der Waals surface area contributed by atoms with E-state index in [9.17, 15) is 4.79 Å². The molecule has 2 fully saturated rings. The molecule has 0 spiro atoms. The second-order valence-electron chi connectivity index (χ2n) is 7.38. The van der Waals surface area contributed by atoms with E-state index in [0.29, 0.717) is 12.5 Å². The van der Waals surface area contributed by atoms with Crippen LogP contribution in [0, 0.1) is 11.3 Å². The number of urea groups is 1. The number of carbonyl (C=O) groups excluding carboxylic acids is 1. The third-order valence-electron chi connectivity index (χ3n) is 5.43. The molecule has 25 heavy (non-hydrogen) atoms. The molecule has 0 unspecified atom stereocenters. The Morgan fingerprint density at radius 1 is 1.44 bits per heavy atom. The van der Waals surface area contributed by atoms with Crippen LogP contribution in [-0.2, 0) is 11.3 Å². The van der Waals surface area contributed by atoms with Gasteiger partial charge in [-0.1, -0.05) is 26.0 Å². The summed E-state index contributed by atoms with van der Waals surface area (Å²) in [5, 5.41) is 10.2. The lowest BCUT2D eigenvalue weighted by atomic mass is 9.57. The minimum atomic E-state index is -0.130. The molecule has 2 aromatic rings. The van der Waals surface area contributed by atoms with Gasteiger partial charge in [0, 0.05) is 30.5 Å². The van der Waals surface area contributed by atoms with Crippen molar-refractivity contribution in [2.45, 2.75) is 39.0 Å². The van der Waals surface area contributed by atoms with Crippen LogP contribution in [0.25, 0.3) is 5.69 Å². The zero-order valence-corrected chi connectivity index (χ0v) is 14.5. The molecular formula is C18H23N5O2. The molecule has 1 aliphatic carbocycles. The third kappa shape index (κ3) is 2.89. The number of hydrogen-bond acceptors (Lipinski definition) is 4. The fourth-order valence-electron chi connectivity index (χ4n) is 4.14. The molecule has 2 amide bonds. The van der Waals surface area contributed by atoms with Crippen molar-refractivity contribution < 1.29 is 9.53 Å². The SMILES string of the molecule is CC1(C)[C@H](NC(=O)NCc2cccc(-n3cncn3)c2)[C@@H]2CCO[C@@H]21. The van der Waals surface area contributed by atoms with Crippen molar-refractivity contribution in [3.8, 4) is 5.69 Å². The number of nitrogens with zero attached hydrogens (tertiary/aromatic N) is 3. The third-order valence-corrected chi connectivity index (χ3v) is 5.43. The van der Waals surface area contributed by atoms with Crippen LogP contribution in [0.3, 0.4) is 0 Å². The molecule has 0 bridgehead atoms. The van der Waals surface area contributed by atoms with Crippen molar-refractivity contribution in [2.24, 2.45) is 11.3 Å². The summed E-state index contributed by atoms with van der Waals surface area (Å²) in [6.45, 7) is 5.58. The Labute approximate surface area is 146 Å². The maximum Gasteiger partial charge on any atom is 0.315 e. The van der Waals surface area contributed by atoms with Gasteiger partial charge in [-0.2, -0.15) is 5.10 Å². The number of aromatic nitrogens is 3. The van der Waals surface area contributed by atoms with Gasteiger partial charge >= 0.3 is 6.03 Å². The summed E-state index contributed by atoms with van der Waals surface area (Å²) in [7, 11) is 0. The summed E-state index contributed by atoms with van der Waals surface area (Å²) >= 11 is 0. The second-order valence-corrected chi connectivity index (χ2v) is 7.38. The fourth-order valence-corrected chi connectivity index (χ4v) is 4.14. The Bertz CT molecular complexity index is 759. The molecule has 7 heteroatoms. The highest BCUT2D eigenvalue weighted by Crippen LogP contribution is 2.52. The van der Waals surface area contributed by atoms with Crippen molar-refractivity contribution in [1.82, 2.24) is 25.4 Å². The van der Waals surface area contributed by atoms with Crippen molar-refractivity contribution >= 4 is 6.03 Å². The number of fused-ring (bicyclic) bond motifs is 1. The summed E-state index contributed by atoms with van der Waals surface area (Å²) < 4.78 is 7.47. The molecule has 4 rings (SSSR count). The van der Waals surface area contributed by atoms with Crippen LogP contribution >= 0.6 is 0 Å². The molecule has 1 aromatic heterocycles. The highest BCUT2D eigenvalue weighted by atomic mass is 16.5. The molecule has 1 saturated heterocycles. The molecule has 2 heterocycles. The summed E-state index contributed by atoms with van der Waals surface area (Å²) in [4.78, 5) is 16.3. The van der Waals surface area contributed by atoms with Crippen LogP contribution < -0.4 is 10.6 Å². The highest BCUT2D eigenvalue weighted by Gasteiger charge is 2.59. The van der Waals surface area contributed by atoms with E-state index in [4.69, 9.17) is 4.74 Å². The normalized spacial score (nSPS) is 26.6. The fraction of sp³-hybridized carbons (Fsp3) is 0.500. The first-order chi connectivity index (χ1) is 12.1. The molecule has 1 saturated carbocycles. The topological polar surface area (TPSA) is 81.1 Å². The minimum Gasteiger partial charge on any atom is -0.377 e. The Hall–Kier alpha value is -2.41. The molecule has 2 aliphatic rings. The van der Waals surface area contributed by atoms with Gasteiger partial charge in [-0.3, -0.25) is 0 Å². The van der Waals surface area contributed by atoms with E-state index in [1.807, 2.05) is 24.3 Å². The summed E-state index contributed by atoms with van der Waals surface area (Å²) in [6.07, 6.45) is 4.45. The molecular weight excluding hydrogens is 318 g/mol. The van der Waals surface area contributed by atoms with Gasteiger partial charge < -0.3 is 15.4 Å².